The molecule has 0 bridgehead atoms. The van der Waals surface area contributed by atoms with E-state index in [-0.39, 0.29) is 0 Å². The monoisotopic (exact) mass is 440 g/mol. The molecule has 4 aromatic rings. The summed E-state index contributed by atoms with van der Waals surface area (Å²) in [5.74, 6) is 0.676. The molecule has 0 aliphatic rings. The molecule has 1 N–H and O–H groups in total. The molecule has 0 aliphatic heterocycles. The van der Waals surface area contributed by atoms with Gasteiger partial charge in [0.25, 0.3) is 0 Å². The van der Waals surface area contributed by atoms with Gasteiger partial charge in [-0.2, -0.15) is 4.98 Å². The molecule has 8 heteroatoms. The third kappa shape index (κ3) is 4.03. The number of nitrogens with one attached hydrogen (secondary N) is 1. The van der Waals surface area contributed by atoms with Crippen molar-refractivity contribution in [2.45, 2.75) is 39.0 Å². The summed E-state index contributed by atoms with van der Waals surface area (Å²) in [5, 5.41) is 6.60. The zero-order valence-electron chi connectivity index (χ0n) is 17.4. The van der Waals surface area contributed by atoms with Gasteiger partial charge < -0.3 is 0 Å². The Balaban J connectivity index is 1.51. The molecule has 156 valence electrons. The van der Waals surface area contributed by atoms with Crippen molar-refractivity contribution in [3.05, 3.63) is 69.7 Å². The quantitative estimate of drug-likeness (QED) is 0.487. The molecule has 30 heavy (non-hydrogen) atoms. The van der Waals surface area contributed by atoms with E-state index in [4.69, 9.17) is 0 Å². The fraction of sp³-hybridized carbons (Fsp3) is 0.273. The Hall–Kier alpha value is -2.55. The molecule has 0 spiro atoms. The third-order valence-corrected chi connectivity index (χ3v) is 7.64. The van der Waals surface area contributed by atoms with Gasteiger partial charge in [-0.05, 0) is 38.8 Å². The lowest BCUT2D eigenvalue weighted by atomic mass is 10.1. The van der Waals surface area contributed by atoms with Crippen LogP contribution in [0.25, 0.3) is 16.3 Å². The topological polar surface area (TPSA) is 76.4 Å². The molecular weight excluding hydrogens is 416 g/mol. The number of fused-ring (bicyclic) bond motifs is 1. The summed E-state index contributed by atoms with van der Waals surface area (Å²) in [6.45, 7) is 7.97. The molecule has 0 saturated heterocycles. The van der Waals surface area contributed by atoms with E-state index >= 15 is 0 Å². The summed E-state index contributed by atoms with van der Waals surface area (Å²) in [6, 6.07) is 11.9. The first kappa shape index (κ1) is 20.7. The Kier molecular flexibility index (Phi) is 5.48. The highest BCUT2D eigenvalue weighted by Gasteiger charge is 2.20. The Bertz CT molecular complexity index is 1300. The van der Waals surface area contributed by atoms with E-state index in [1.165, 1.54) is 16.9 Å². The number of rotatable bonds is 6. The normalized spacial score (nSPS) is 12.0. The van der Waals surface area contributed by atoms with Gasteiger partial charge >= 0.3 is 0 Å². The summed E-state index contributed by atoms with van der Waals surface area (Å²) in [7, 11) is -3.58. The minimum atomic E-state index is -3.58. The van der Waals surface area contributed by atoms with Crippen LogP contribution in [0.1, 0.15) is 27.9 Å². The molecular formula is C22H24N4O2S2. The van der Waals surface area contributed by atoms with Crippen molar-refractivity contribution in [2.75, 3.05) is 6.54 Å². The second kappa shape index (κ2) is 7.94. The van der Waals surface area contributed by atoms with Crippen LogP contribution in [0.4, 0.5) is 0 Å². The van der Waals surface area contributed by atoms with Crippen LogP contribution in [0.2, 0.25) is 0 Å². The van der Waals surface area contributed by atoms with Gasteiger partial charge in [0, 0.05) is 23.9 Å². The summed E-state index contributed by atoms with van der Waals surface area (Å²) in [5.41, 5.74) is 5.66. The standard InChI is InChI=1S/C22H24N4O2S2/c1-14-5-7-18(8-6-14)21-24-22-26(25-21)19(13-29-22)9-10-23-30(27,28)20-16(3)11-15(2)12-17(20)4/h5-8,11-13,23H,9-10H2,1-4H3. The zero-order valence-corrected chi connectivity index (χ0v) is 19.1. The molecule has 0 saturated carbocycles. The second-order valence-electron chi connectivity index (χ2n) is 7.60. The lowest BCUT2D eigenvalue weighted by Gasteiger charge is -2.13. The predicted molar refractivity (Wildman–Crippen MR) is 121 cm³/mol. The third-order valence-electron chi connectivity index (χ3n) is 5.01. The van der Waals surface area contributed by atoms with Gasteiger partial charge in [0.15, 0.2) is 5.82 Å². The zero-order chi connectivity index (χ0) is 21.5. The Labute approximate surface area is 180 Å². The molecule has 2 heterocycles. The van der Waals surface area contributed by atoms with Gasteiger partial charge in [-0.15, -0.1) is 16.4 Å². The minimum Gasteiger partial charge on any atom is -0.211 e. The highest BCUT2D eigenvalue weighted by atomic mass is 32.2. The van der Waals surface area contributed by atoms with Crippen molar-refractivity contribution in [3.8, 4) is 11.4 Å². The van der Waals surface area contributed by atoms with Crippen LogP contribution in [0.5, 0.6) is 0 Å². The Morgan fingerprint density at radius 1 is 1.00 bits per heavy atom. The number of hydrogen-bond acceptors (Lipinski definition) is 5. The molecule has 6 nitrogen and oxygen atoms in total. The maximum atomic E-state index is 12.9. The van der Waals surface area contributed by atoms with Crippen LogP contribution in [0.3, 0.4) is 0 Å². The van der Waals surface area contributed by atoms with Crippen molar-refractivity contribution in [1.29, 1.82) is 0 Å². The summed E-state index contributed by atoms with van der Waals surface area (Å²) in [4.78, 5) is 5.77. The lowest BCUT2D eigenvalue weighted by molar-refractivity contribution is 0.579. The first-order valence-electron chi connectivity index (χ1n) is 9.72. The SMILES string of the molecule is Cc1ccc(-c2nc3scc(CCNS(=O)(=O)c4c(C)cc(C)cc4C)n3n2)cc1. The predicted octanol–water partition coefficient (Wildman–Crippen LogP) is 4.21. The fourth-order valence-electron chi connectivity index (χ4n) is 3.70. The first-order valence-corrected chi connectivity index (χ1v) is 12.1. The van der Waals surface area contributed by atoms with E-state index < -0.39 is 10.0 Å². The molecule has 4 rings (SSSR count). The molecule has 0 atom stereocenters. The largest absolute Gasteiger partial charge is 0.241 e. The van der Waals surface area contributed by atoms with Crippen molar-refractivity contribution in [3.63, 3.8) is 0 Å². The number of aromatic nitrogens is 3. The van der Waals surface area contributed by atoms with E-state index in [0.29, 0.717) is 23.7 Å². The first-order chi connectivity index (χ1) is 14.2. The maximum Gasteiger partial charge on any atom is 0.241 e. The summed E-state index contributed by atoms with van der Waals surface area (Å²) >= 11 is 1.51. The van der Waals surface area contributed by atoms with E-state index in [9.17, 15) is 8.42 Å². The number of thiazole rings is 1. The molecule has 0 fully saturated rings. The van der Waals surface area contributed by atoms with Crippen LogP contribution in [-0.4, -0.2) is 29.6 Å². The Morgan fingerprint density at radius 2 is 1.67 bits per heavy atom. The van der Waals surface area contributed by atoms with E-state index in [1.54, 1.807) is 4.52 Å². The Morgan fingerprint density at radius 3 is 2.33 bits per heavy atom. The van der Waals surface area contributed by atoms with E-state index in [1.807, 2.05) is 69.5 Å². The maximum absolute atomic E-state index is 12.9. The van der Waals surface area contributed by atoms with Crippen LogP contribution >= 0.6 is 11.3 Å². The smallest absolute Gasteiger partial charge is 0.211 e. The van der Waals surface area contributed by atoms with Crippen molar-refractivity contribution < 1.29 is 8.42 Å². The summed E-state index contributed by atoms with van der Waals surface area (Å²) in [6.07, 6.45) is 0.528. The van der Waals surface area contributed by atoms with Crippen LogP contribution in [0.15, 0.2) is 46.7 Å². The number of nitrogens with zero attached hydrogens (tertiary/aromatic N) is 3. The average Bonchev–Trinajstić information content (AvgIpc) is 3.23. The van der Waals surface area contributed by atoms with Gasteiger partial charge in [-0.3, -0.25) is 0 Å². The van der Waals surface area contributed by atoms with Gasteiger partial charge in [0.2, 0.25) is 15.0 Å². The van der Waals surface area contributed by atoms with Crippen molar-refractivity contribution in [2.24, 2.45) is 0 Å². The van der Waals surface area contributed by atoms with E-state index in [0.717, 1.165) is 32.9 Å². The van der Waals surface area contributed by atoms with Crippen LogP contribution < -0.4 is 4.72 Å². The highest BCUT2D eigenvalue weighted by Crippen LogP contribution is 2.23. The molecule has 2 aromatic carbocycles. The lowest BCUT2D eigenvalue weighted by Crippen LogP contribution is -2.27. The molecule has 0 amide bonds. The number of aryl methyl sites for hydroxylation is 4. The van der Waals surface area contributed by atoms with E-state index in [2.05, 4.69) is 14.8 Å². The van der Waals surface area contributed by atoms with Crippen LogP contribution in [0, 0.1) is 27.7 Å². The number of benzene rings is 2. The van der Waals surface area contributed by atoms with Gasteiger partial charge in [-0.25, -0.2) is 17.7 Å². The molecule has 0 radical (unpaired) electrons. The highest BCUT2D eigenvalue weighted by molar-refractivity contribution is 7.89. The molecule has 0 aliphatic carbocycles. The van der Waals surface area contributed by atoms with Crippen LogP contribution in [-0.2, 0) is 16.4 Å². The van der Waals surface area contributed by atoms with Crippen molar-refractivity contribution in [1.82, 2.24) is 19.3 Å². The van der Waals surface area contributed by atoms with Gasteiger partial charge in [0.1, 0.15) is 0 Å². The van der Waals surface area contributed by atoms with Crippen molar-refractivity contribution >= 4 is 26.3 Å². The second-order valence-corrected chi connectivity index (χ2v) is 10.1. The van der Waals surface area contributed by atoms with Gasteiger partial charge in [-0.1, -0.05) is 47.5 Å². The molecule has 2 aromatic heterocycles. The minimum absolute atomic E-state index is 0.292. The average molecular weight is 441 g/mol. The molecule has 0 unspecified atom stereocenters. The number of sulfonamides is 1. The number of hydrogen-bond donors (Lipinski definition) is 1. The summed E-state index contributed by atoms with van der Waals surface area (Å²) < 4.78 is 30.2. The van der Waals surface area contributed by atoms with Gasteiger partial charge in [0.05, 0.1) is 10.6 Å². The fourth-order valence-corrected chi connectivity index (χ4v) is 6.03.